The van der Waals surface area contributed by atoms with E-state index >= 15 is 4.39 Å². The summed E-state index contributed by atoms with van der Waals surface area (Å²) in [4.78, 5) is 29.9. The Morgan fingerprint density at radius 1 is 0.978 bits per heavy atom. The highest BCUT2D eigenvalue weighted by Crippen LogP contribution is 2.54. The molecule has 2 aromatic rings. The van der Waals surface area contributed by atoms with Gasteiger partial charge in [-0.2, -0.15) is 43.9 Å². The van der Waals surface area contributed by atoms with Crippen LogP contribution in [0.5, 0.6) is 0 Å². The number of amides is 2. The number of aliphatic imine (C=N–C) groups is 1. The molecule has 1 aliphatic carbocycles. The first-order chi connectivity index (χ1) is 20.6. The van der Waals surface area contributed by atoms with Crippen molar-refractivity contribution in [3.05, 3.63) is 82.6 Å². The fourth-order valence-corrected chi connectivity index (χ4v) is 4.06. The quantitative estimate of drug-likeness (QED) is 0.0964. The predicted molar refractivity (Wildman–Crippen MR) is 138 cm³/mol. The number of anilines is 2. The molecule has 45 heavy (non-hydrogen) atoms. The maximum Gasteiger partial charge on any atom is 0.435 e. The average molecular weight is 659 g/mol. The van der Waals surface area contributed by atoms with Gasteiger partial charge in [-0.25, -0.2) is 13.8 Å². The lowest BCUT2D eigenvalue weighted by Crippen LogP contribution is -2.50. The number of nitrogens with one attached hydrogen (secondary N) is 1. The molecule has 1 N–H and O–H groups in total. The highest BCUT2D eigenvalue weighted by molar-refractivity contribution is 6.08. The number of carbonyl (C=O) groups is 2. The van der Waals surface area contributed by atoms with Crippen molar-refractivity contribution in [2.24, 2.45) is 10.9 Å². The molecule has 0 aliphatic heterocycles. The van der Waals surface area contributed by atoms with Crippen LogP contribution < -0.4 is 10.2 Å². The van der Waals surface area contributed by atoms with Gasteiger partial charge in [0.05, 0.1) is 22.5 Å². The largest absolute Gasteiger partial charge is 0.435 e. The van der Waals surface area contributed by atoms with E-state index in [2.05, 4.69) is 11.7 Å². The topological polar surface area (TPSA) is 61.8 Å². The second-order valence-corrected chi connectivity index (χ2v) is 9.86. The van der Waals surface area contributed by atoms with Gasteiger partial charge in [-0.15, -0.1) is 0 Å². The Bertz CT molecular complexity index is 1520. The van der Waals surface area contributed by atoms with Crippen LogP contribution in [0.25, 0.3) is 0 Å². The van der Waals surface area contributed by atoms with E-state index in [4.69, 9.17) is 0 Å². The predicted octanol–water partition coefficient (Wildman–Crippen LogP) is 8.59. The second kappa shape index (κ2) is 12.6. The lowest BCUT2D eigenvalue weighted by Gasteiger charge is -2.31. The summed E-state index contributed by atoms with van der Waals surface area (Å²) in [6.07, 6.45) is -16.0. The standard InChI is InChI=1S/C28H21F12N3O2/c1-14(6-11-21(29)41-2)24(45)43(13-15-7-8-15)20-5-3-4-17(22(20)30)23(44)42-19-10-9-16(12-18(19)26(32,33)34)25(31,27(35,36)37)28(38,39)40/h3-6,9-12,15H,2,7-8,13H2,1H3,(H,42,44)/b14-6+,21-11-. The molecule has 1 fully saturated rings. The molecule has 0 heterocycles. The Labute approximate surface area is 246 Å². The van der Waals surface area contributed by atoms with Crippen molar-refractivity contribution in [3.8, 4) is 0 Å². The van der Waals surface area contributed by atoms with Crippen molar-refractivity contribution in [2.75, 3.05) is 16.8 Å². The van der Waals surface area contributed by atoms with Crippen molar-refractivity contribution in [1.29, 1.82) is 0 Å². The van der Waals surface area contributed by atoms with Crippen molar-refractivity contribution in [1.82, 2.24) is 0 Å². The third-order valence-corrected chi connectivity index (χ3v) is 6.61. The van der Waals surface area contributed by atoms with E-state index in [9.17, 15) is 57.9 Å². The van der Waals surface area contributed by atoms with Crippen LogP contribution in [0.1, 0.15) is 41.3 Å². The molecule has 3 rings (SSSR count). The molecule has 244 valence electrons. The van der Waals surface area contributed by atoms with E-state index in [1.54, 1.807) is 5.32 Å². The second-order valence-electron chi connectivity index (χ2n) is 9.86. The van der Waals surface area contributed by atoms with Gasteiger partial charge in [-0.1, -0.05) is 12.1 Å². The Kier molecular flexibility index (Phi) is 9.84. The summed E-state index contributed by atoms with van der Waals surface area (Å²) in [7, 11) is 0. The summed E-state index contributed by atoms with van der Waals surface area (Å²) >= 11 is 0. The number of alkyl halides is 10. The highest BCUT2D eigenvalue weighted by atomic mass is 19.4. The average Bonchev–Trinajstić information content (AvgIpc) is 3.76. The maximum atomic E-state index is 15.7. The monoisotopic (exact) mass is 659 g/mol. The van der Waals surface area contributed by atoms with Crippen LogP contribution in [0.15, 0.2) is 65.1 Å². The zero-order chi connectivity index (χ0) is 34.1. The molecule has 0 saturated heterocycles. The van der Waals surface area contributed by atoms with Crippen molar-refractivity contribution in [2.45, 2.75) is 44.0 Å². The molecule has 5 nitrogen and oxygen atoms in total. The summed E-state index contributed by atoms with van der Waals surface area (Å²) in [6.45, 7) is 4.15. The Balaban J connectivity index is 2.05. The summed E-state index contributed by atoms with van der Waals surface area (Å²) < 4.78 is 163. The van der Waals surface area contributed by atoms with Crippen LogP contribution in [0.3, 0.4) is 0 Å². The van der Waals surface area contributed by atoms with Gasteiger partial charge in [0, 0.05) is 17.7 Å². The molecule has 0 spiro atoms. The number of nitrogens with zero attached hydrogens (tertiary/aromatic N) is 2. The number of carbonyl (C=O) groups excluding carboxylic acids is 2. The smallest absolute Gasteiger partial charge is 0.321 e. The van der Waals surface area contributed by atoms with E-state index in [0.29, 0.717) is 12.8 Å². The lowest BCUT2D eigenvalue weighted by atomic mass is 9.92. The van der Waals surface area contributed by atoms with E-state index < -0.39 is 81.9 Å². The van der Waals surface area contributed by atoms with E-state index in [-0.39, 0.29) is 30.2 Å². The summed E-state index contributed by atoms with van der Waals surface area (Å²) in [5, 5.41) is 1.58. The highest BCUT2D eigenvalue weighted by Gasteiger charge is 2.73. The van der Waals surface area contributed by atoms with E-state index in [0.717, 1.165) is 35.3 Å². The third kappa shape index (κ3) is 7.50. The van der Waals surface area contributed by atoms with Gasteiger partial charge >= 0.3 is 24.2 Å². The first-order valence-electron chi connectivity index (χ1n) is 12.6. The van der Waals surface area contributed by atoms with Crippen LogP contribution in [0.2, 0.25) is 0 Å². The molecule has 0 atom stereocenters. The minimum absolute atomic E-state index is 0.0363. The Hall–Kier alpha value is -4.31. The fourth-order valence-electron chi connectivity index (χ4n) is 4.06. The Morgan fingerprint density at radius 2 is 1.58 bits per heavy atom. The molecule has 2 amide bonds. The molecule has 17 heteroatoms. The van der Waals surface area contributed by atoms with Gasteiger partial charge in [0.15, 0.2) is 5.82 Å². The third-order valence-electron chi connectivity index (χ3n) is 6.61. The van der Waals surface area contributed by atoms with Crippen LogP contribution in [0.4, 0.5) is 64.1 Å². The zero-order valence-corrected chi connectivity index (χ0v) is 22.8. The van der Waals surface area contributed by atoms with E-state index in [1.807, 2.05) is 0 Å². The summed E-state index contributed by atoms with van der Waals surface area (Å²) in [6, 6.07) is 1.86. The molecule has 2 aromatic carbocycles. The Morgan fingerprint density at radius 3 is 2.09 bits per heavy atom. The van der Waals surface area contributed by atoms with Crippen LogP contribution in [-0.4, -0.2) is 37.4 Å². The van der Waals surface area contributed by atoms with Crippen LogP contribution in [-0.2, 0) is 16.6 Å². The van der Waals surface area contributed by atoms with Crippen LogP contribution >= 0.6 is 0 Å². The lowest BCUT2D eigenvalue weighted by molar-refractivity contribution is -0.348. The minimum Gasteiger partial charge on any atom is -0.321 e. The number of hydrogen-bond donors (Lipinski definition) is 1. The SMILES string of the molecule is C=N/C(F)=C\C=C(/C)C(=O)N(CC1CC1)c1cccc(C(=O)Nc2ccc(C(F)(C(F)(F)F)C(F)(F)F)cc2C(F)(F)F)c1F. The zero-order valence-electron chi connectivity index (χ0n) is 22.8. The number of benzene rings is 2. The van der Waals surface area contributed by atoms with Gasteiger partial charge < -0.3 is 10.2 Å². The summed E-state index contributed by atoms with van der Waals surface area (Å²) in [5.41, 5.74) is -14.0. The van der Waals surface area contributed by atoms with Gasteiger partial charge in [-0.05, 0) is 68.8 Å². The van der Waals surface area contributed by atoms with Gasteiger partial charge in [0.1, 0.15) is 0 Å². The summed E-state index contributed by atoms with van der Waals surface area (Å²) in [5.74, 6) is -5.02. The van der Waals surface area contributed by atoms with Gasteiger partial charge in [0.2, 0.25) is 5.95 Å². The van der Waals surface area contributed by atoms with Crippen molar-refractivity contribution < 1.29 is 62.3 Å². The van der Waals surface area contributed by atoms with Crippen molar-refractivity contribution >= 4 is 29.9 Å². The molecule has 0 aromatic heterocycles. The van der Waals surface area contributed by atoms with Crippen LogP contribution in [0, 0.1) is 11.7 Å². The number of allylic oxidation sites excluding steroid dienone is 2. The number of hydrogen-bond acceptors (Lipinski definition) is 3. The number of rotatable bonds is 9. The molecule has 0 radical (unpaired) electrons. The van der Waals surface area contributed by atoms with Crippen molar-refractivity contribution in [3.63, 3.8) is 0 Å². The molecule has 0 unspecified atom stereocenters. The normalized spacial score (nSPS) is 15.1. The minimum atomic E-state index is -6.72. The first kappa shape index (κ1) is 35.2. The van der Waals surface area contributed by atoms with Gasteiger partial charge in [0.25, 0.3) is 11.8 Å². The molecule has 0 bridgehead atoms. The molecular weight excluding hydrogens is 638 g/mol. The number of halogens is 12. The molecule has 1 aliphatic rings. The van der Waals surface area contributed by atoms with E-state index in [1.165, 1.54) is 6.92 Å². The first-order valence-corrected chi connectivity index (χ1v) is 12.6. The molecule has 1 saturated carbocycles. The molecular formula is C28H21F12N3O2. The maximum absolute atomic E-state index is 15.7. The fraction of sp³-hybridized carbons (Fsp3) is 0.321. The van der Waals surface area contributed by atoms with Gasteiger partial charge in [-0.3, -0.25) is 9.59 Å².